The van der Waals surface area contributed by atoms with Crippen molar-refractivity contribution in [3.05, 3.63) is 26.4 Å². The second-order valence-electron chi connectivity index (χ2n) is 4.09. The Balaban J connectivity index is 2.76. The molecule has 2 N–H and O–H groups in total. The highest BCUT2D eigenvalue weighted by atomic mass is 16.4. The Hall–Kier alpha value is -2.38. The summed E-state index contributed by atoms with van der Waals surface area (Å²) in [7, 11) is 2.63. The summed E-state index contributed by atoms with van der Waals surface area (Å²) >= 11 is 0. The van der Waals surface area contributed by atoms with Gasteiger partial charge in [-0.2, -0.15) is 0 Å². The lowest BCUT2D eigenvalue weighted by atomic mass is 10.0. The van der Waals surface area contributed by atoms with Crippen LogP contribution in [0.1, 0.15) is 16.8 Å². The van der Waals surface area contributed by atoms with Gasteiger partial charge in [0.05, 0.1) is 0 Å². The van der Waals surface area contributed by atoms with Crippen molar-refractivity contribution in [1.29, 1.82) is 0 Å². The third-order valence-corrected chi connectivity index (χ3v) is 2.94. The smallest absolute Gasteiger partial charge is 0.332 e. The molecule has 1 unspecified atom stereocenters. The second-order valence-corrected chi connectivity index (χ2v) is 4.09. The highest BCUT2D eigenvalue weighted by Gasteiger charge is 2.33. The van der Waals surface area contributed by atoms with Gasteiger partial charge in [-0.3, -0.25) is 18.7 Å². The van der Waals surface area contributed by atoms with Gasteiger partial charge in [0.1, 0.15) is 17.4 Å². The lowest BCUT2D eigenvalue weighted by molar-refractivity contribution is -0.137. The van der Waals surface area contributed by atoms with Gasteiger partial charge >= 0.3 is 11.7 Å². The molecule has 0 saturated heterocycles. The number of anilines is 1. The van der Waals surface area contributed by atoms with Crippen molar-refractivity contribution >= 4 is 17.6 Å². The third-order valence-electron chi connectivity index (χ3n) is 2.94. The maximum atomic E-state index is 11.8. The lowest BCUT2D eigenvalue weighted by Gasteiger charge is -2.24. The number of hydrogen-bond acceptors (Lipinski definition) is 5. The molecule has 2 heterocycles. The fourth-order valence-electron chi connectivity index (χ4n) is 1.92. The number of Topliss-reactive ketones (excluding diaryl/α,β-unsaturated/α-hetero) is 1. The molecule has 0 amide bonds. The van der Waals surface area contributed by atoms with Crippen molar-refractivity contribution in [1.82, 2.24) is 9.13 Å². The van der Waals surface area contributed by atoms with Crippen LogP contribution >= 0.6 is 0 Å². The fraction of sp³-hybridized carbons (Fsp3) is 0.400. The molecule has 1 atom stereocenters. The van der Waals surface area contributed by atoms with E-state index in [1.165, 1.54) is 14.1 Å². The monoisotopic (exact) mass is 253 g/mol. The molecular weight excluding hydrogens is 242 g/mol. The van der Waals surface area contributed by atoms with E-state index in [1.54, 1.807) is 0 Å². The molecule has 18 heavy (non-hydrogen) atoms. The normalized spacial score (nSPS) is 18.1. The molecule has 0 saturated carbocycles. The first-order valence-electron chi connectivity index (χ1n) is 5.17. The molecule has 0 bridgehead atoms. The van der Waals surface area contributed by atoms with E-state index in [1.807, 2.05) is 0 Å². The Morgan fingerprint density at radius 2 is 1.89 bits per heavy atom. The largest absolute Gasteiger partial charge is 0.480 e. The van der Waals surface area contributed by atoms with Crippen LogP contribution in [0.25, 0.3) is 0 Å². The first kappa shape index (κ1) is 12.1. The van der Waals surface area contributed by atoms with E-state index in [0.29, 0.717) is 0 Å². The first-order valence-corrected chi connectivity index (χ1v) is 5.17. The first-order chi connectivity index (χ1) is 8.34. The average Bonchev–Trinajstić information content (AvgIpc) is 2.32. The molecule has 96 valence electrons. The number of carbonyl (C=O) groups excluding carboxylic acids is 1. The number of nitrogens with one attached hydrogen (secondary N) is 1. The number of carbonyl (C=O) groups is 2. The van der Waals surface area contributed by atoms with Gasteiger partial charge in [0.2, 0.25) is 0 Å². The number of aliphatic carboxylic acids is 1. The standard InChI is InChI=1S/C10H11N3O5/c1-12-7-6(8(15)13(2)10(12)18)5(14)3-4(11-7)9(16)17/h4,11H,3H2,1-2H3,(H,16,17). The predicted octanol–water partition coefficient (Wildman–Crippen LogP) is -1.46. The molecule has 0 aliphatic carbocycles. The van der Waals surface area contributed by atoms with Gasteiger partial charge in [0.15, 0.2) is 5.78 Å². The summed E-state index contributed by atoms with van der Waals surface area (Å²) in [6, 6.07) is -1.12. The van der Waals surface area contributed by atoms with Crippen molar-refractivity contribution < 1.29 is 14.7 Å². The van der Waals surface area contributed by atoms with E-state index < -0.39 is 29.0 Å². The molecule has 1 aromatic heterocycles. The number of fused-ring (bicyclic) bond motifs is 1. The molecular formula is C10H11N3O5. The number of hydrogen-bond donors (Lipinski definition) is 2. The van der Waals surface area contributed by atoms with Crippen LogP contribution in [0.3, 0.4) is 0 Å². The summed E-state index contributed by atoms with van der Waals surface area (Å²) in [4.78, 5) is 46.2. The Kier molecular flexibility index (Phi) is 2.57. The van der Waals surface area contributed by atoms with E-state index in [2.05, 4.69) is 5.32 Å². The average molecular weight is 253 g/mol. The zero-order chi connectivity index (χ0) is 13.6. The Bertz CT molecular complexity index is 669. The van der Waals surface area contributed by atoms with Gasteiger partial charge < -0.3 is 10.4 Å². The summed E-state index contributed by atoms with van der Waals surface area (Å²) in [5.41, 5.74) is -1.50. The van der Waals surface area contributed by atoms with Crippen LogP contribution in [-0.4, -0.2) is 32.0 Å². The lowest BCUT2D eigenvalue weighted by Crippen LogP contribution is -2.47. The van der Waals surface area contributed by atoms with Crippen LogP contribution in [0.2, 0.25) is 0 Å². The van der Waals surface area contributed by atoms with Crippen LogP contribution in [0.5, 0.6) is 0 Å². The molecule has 8 heteroatoms. The fourth-order valence-corrected chi connectivity index (χ4v) is 1.92. The zero-order valence-electron chi connectivity index (χ0n) is 9.76. The molecule has 0 spiro atoms. The van der Waals surface area contributed by atoms with Crippen molar-refractivity contribution in [2.24, 2.45) is 14.1 Å². The highest BCUT2D eigenvalue weighted by molar-refractivity contribution is 6.05. The van der Waals surface area contributed by atoms with Crippen LogP contribution in [-0.2, 0) is 18.9 Å². The quantitative estimate of drug-likeness (QED) is 0.632. The van der Waals surface area contributed by atoms with Crippen molar-refractivity contribution in [3.8, 4) is 0 Å². The predicted molar refractivity (Wildman–Crippen MR) is 60.9 cm³/mol. The number of carboxylic acids is 1. The molecule has 0 aromatic carbocycles. The minimum absolute atomic E-state index is 0.0354. The Morgan fingerprint density at radius 1 is 1.28 bits per heavy atom. The molecule has 0 fully saturated rings. The van der Waals surface area contributed by atoms with Crippen LogP contribution < -0.4 is 16.6 Å². The van der Waals surface area contributed by atoms with Gasteiger partial charge in [0.25, 0.3) is 5.56 Å². The van der Waals surface area contributed by atoms with Gasteiger partial charge in [0, 0.05) is 20.5 Å². The molecule has 1 aliphatic rings. The number of rotatable bonds is 1. The van der Waals surface area contributed by atoms with Gasteiger partial charge in [-0.1, -0.05) is 0 Å². The highest BCUT2D eigenvalue weighted by Crippen LogP contribution is 2.20. The van der Waals surface area contributed by atoms with Gasteiger partial charge in [-0.15, -0.1) is 0 Å². The summed E-state index contributed by atoms with van der Waals surface area (Å²) in [5.74, 6) is -1.82. The van der Waals surface area contributed by atoms with E-state index in [9.17, 15) is 19.2 Å². The van der Waals surface area contributed by atoms with Crippen LogP contribution in [0, 0.1) is 0 Å². The second kappa shape index (κ2) is 3.83. The molecule has 1 aliphatic heterocycles. The molecule has 2 rings (SSSR count). The molecule has 0 radical (unpaired) electrons. The van der Waals surface area contributed by atoms with E-state index >= 15 is 0 Å². The number of nitrogens with zero attached hydrogens (tertiary/aromatic N) is 2. The molecule has 1 aromatic rings. The maximum Gasteiger partial charge on any atom is 0.332 e. The van der Waals surface area contributed by atoms with Crippen LogP contribution in [0.15, 0.2) is 9.59 Å². The van der Waals surface area contributed by atoms with Crippen molar-refractivity contribution in [3.63, 3.8) is 0 Å². The van der Waals surface area contributed by atoms with E-state index in [4.69, 9.17) is 5.11 Å². The van der Waals surface area contributed by atoms with E-state index in [0.717, 1.165) is 9.13 Å². The van der Waals surface area contributed by atoms with Gasteiger partial charge in [-0.25, -0.2) is 9.59 Å². The van der Waals surface area contributed by atoms with Crippen LogP contribution in [0.4, 0.5) is 5.82 Å². The van der Waals surface area contributed by atoms with E-state index in [-0.39, 0.29) is 17.8 Å². The summed E-state index contributed by atoms with van der Waals surface area (Å²) in [5, 5.41) is 11.4. The SMILES string of the molecule is Cn1c2c(c(=O)n(C)c1=O)C(=O)CC(C(=O)O)N2. The number of carboxylic acid groups (broad SMARTS) is 1. The zero-order valence-corrected chi connectivity index (χ0v) is 9.76. The summed E-state index contributed by atoms with van der Waals surface area (Å²) in [6.45, 7) is 0. The van der Waals surface area contributed by atoms with Gasteiger partial charge in [-0.05, 0) is 0 Å². The minimum atomic E-state index is -1.21. The number of aromatic nitrogens is 2. The van der Waals surface area contributed by atoms with Crippen molar-refractivity contribution in [2.45, 2.75) is 12.5 Å². The maximum absolute atomic E-state index is 11.8. The summed E-state index contributed by atoms with van der Waals surface area (Å²) < 4.78 is 1.88. The third kappa shape index (κ3) is 1.53. The topological polar surface area (TPSA) is 110 Å². The Morgan fingerprint density at radius 3 is 2.44 bits per heavy atom. The van der Waals surface area contributed by atoms with Crippen molar-refractivity contribution in [2.75, 3.05) is 5.32 Å². The summed E-state index contributed by atoms with van der Waals surface area (Å²) in [6.07, 6.45) is -0.310. The Labute approximate surface area is 100 Å². The number of ketones is 1. The molecule has 8 nitrogen and oxygen atoms in total. The minimum Gasteiger partial charge on any atom is -0.480 e.